The first-order valence-corrected chi connectivity index (χ1v) is 9.06. The Morgan fingerprint density at radius 3 is 2.52 bits per heavy atom. The maximum absolute atomic E-state index is 12.5. The highest BCUT2D eigenvalue weighted by atomic mass is 35.5. The number of halogens is 2. The summed E-state index contributed by atoms with van der Waals surface area (Å²) in [5, 5.41) is 6.75. The van der Waals surface area contributed by atoms with E-state index in [1.54, 1.807) is 48.5 Å². The Bertz CT molecular complexity index is 1070. The molecule has 0 spiro atoms. The van der Waals surface area contributed by atoms with E-state index in [2.05, 4.69) is 10.6 Å². The van der Waals surface area contributed by atoms with Gasteiger partial charge in [0, 0.05) is 27.7 Å². The van der Waals surface area contributed by atoms with E-state index < -0.39 is 0 Å². The van der Waals surface area contributed by atoms with Crippen molar-refractivity contribution < 1.29 is 9.59 Å². The van der Waals surface area contributed by atoms with Crippen LogP contribution in [0.25, 0.3) is 11.1 Å². The minimum absolute atomic E-state index is 0.228. The number of hydrogen-bond acceptors (Lipinski definition) is 2. The number of carbonyl (C=O) groups excluding carboxylic acids is 2. The van der Waals surface area contributed by atoms with Crippen molar-refractivity contribution in [3.8, 4) is 11.1 Å². The number of fused-ring (bicyclic) bond motifs is 1. The zero-order valence-corrected chi connectivity index (χ0v) is 15.6. The summed E-state index contributed by atoms with van der Waals surface area (Å²) in [6.45, 7) is 0.362. The fourth-order valence-corrected chi connectivity index (χ4v) is 3.58. The van der Waals surface area contributed by atoms with Gasteiger partial charge in [0.15, 0.2) is 0 Å². The predicted octanol–water partition coefficient (Wildman–Crippen LogP) is 5.16. The molecule has 6 heteroatoms. The van der Waals surface area contributed by atoms with Crippen molar-refractivity contribution in [2.45, 2.75) is 6.54 Å². The number of hydrogen-bond donors (Lipinski definition) is 2. The summed E-state index contributed by atoms with van der Waals surface area (Å²) in [6.07, 6.45) is 0. The maximum Gasteiger partial charge on any atom is 0.255 e. The Morgan fingerprint density at radius 2 is 1.74 bits per heavy atom. The van der Waals surface area contributed by atoms with E-state index in [1.807, 2.05) is 12.1 Å². The number of rotatable bonds is 3. The van der Waals surface area contributed by atoms with Crippen LogP contribution in [0.15, 0.2) is 60.7 Å². The van der Waals surface area contributed by atoms with E-state index >= 15 is 0 Å². The molecular formula is C21H14Cl2N2O2. The Kier molecular flexibility index (Phi) is 4.60. The molecule has 2 amide bonds. The average molecular weight is 397 g/mol. The molecule has 1 aliphatic rings. The topological polar surface area (TPSA) is 58.2 Å². The highest BCUT2D eigenvalue weighted by Gasteiger charge is 2.27. The molecule has 2 N–H and O–H groups in total. The molecule has 4 nitrogen and oxygen atoms in total. The fourth-order valence-electron chi connectivity index (χ4n) is 3.19. The van der Waals surface area contributed by atoms with Crippen LogP contribution < -0.4 is 10.6 Å². The normalized spacial score (nSPS) is 12.4. The minimum Gasteiger partial charge on any atom is -0.348 e. The van der Waals surface area contributed by atoms with Crippen LogP contribution in [0.5, 0.6) is 0 Å². The molecule has 134 valence electrons. The number of nitrogens with one attached hydrogen (secondary N) is 2. The molecule has 3 aromatic carbocycles. The molecule has 0 bridgehead atoms. The molecule has 1 aliphatic heterocycles. The lowest BCUT2D eigenvalue weighted by atomic mass is 9.95. The molecule has 0 unspecified atom stereocenters. The van der Waals surface area contributed by atoms with Crippen molar-refractivity contribution in [1.29, 1.82) is 0 Å². The van der Waals surface area contributed by atoms with E-state index in [0.717, 1.165) is 16.7 Å². The number of amides is 2. The quantitative estimate of drug-likeness (QED) is 0.642. The largest absolute Gasteiger partial charge is 0.348 e. The van der Waals surface area contributed by atoms with Crippen LogP contribution in [0.4, 0.5) is 5.69 Å². The zero-order chi connectivity index (χ0) is 19.0. The van der Waals surface area contributed by atoms with Crippen molar-refractivity contribution in [3.63, 3.8) is 0 Å². The van der Waals surface area contributed by atoms with Gasteiger partial charge in [-0.1, -0.05) is 47.5 Å². The Hall–Kier alpha value is -2.82. The van der Waals surface area contributed by atoms with E-state index in [1.165, 1.54) is 0 Å². The third kappa shape index (κ3) is 3.29. The molecule has 3 aromatic rings. The molecule has 0 fully saturated rings. The van der Waals surface area contributed by atoms with Gasteiger partial charge < -0.3 is 10.6 Å². The monoisotopic (exact) mass is 396 g/mol. The summed E-state index contributed by atoms with van der Waals surface area (Å²) in [6, 6.07) is 17.6. The average Bonchev–Trinajstić information content (AvgIpc) is 3.07. The van der Waals surface area contributed by atoms with Crippen LogP contribution in [-0.4, -0.2) is 11.8 Å². The van der Waals surface area contributed by atoms with E-state index in [-0.39, 0.29) is 11.8 Å². The van der Waals surface area contributed by atoms with Crippen LogP contribution in [-0.2, 0) is 6.54 Å². The molecule has 0 saturated heterocycles. The number of anilines is 1. The van der Waals surface area contributed by atoms with Crippen LogP contribution in [0.3, 0.4) is 0 Å². The van der Waals surface area contributed by atoms with Crippen molar-refractivity contribution in [1.82, 2.24) is 5.32 Å². The highest BCUT2D eigenvalue weighted by Crippen LogP contribution is 2.38. The second-order valence-electron chi connectivity index (χ2n) is 6.14. The van der Waals surface area contributed by atoms with Crippen molar-refractivity contribution in [2.75, 3.05) is 5.32 Å². The zero-order valence-electron chi connectivity index (χ0n) is 14.1. The second kappa shape index (κ2) is 7.06. The molecule has 0 radical (unpaired) electrons. The van der Waals surface area contributed by atoms with Crippen LogP contribution in [0.1, 0.15) is 26.3 Å². The number of benzene rings is 3. The third-order valence-corrected chi connectivity index (χ3v) is 5.03. The molecule has 0 aromatic heterocycles. The molecule has 0 aliphatic carbocycles. The molecule has 0 saturated carbocycles. The molecule has 27 heavy (non-hydrogen) atoms. The van der Waals surface area contributed by atoms with Crippen LogP contribution in [0.2, 0.25) is 10.0 Å². The predicted molar refractivity (Wildman–Crippen MR) is 107 cm³/mol. The van der Waals surface area contributed by atoms with Gasteiger partial charge in [-0.3, -0.25) is 9.59 Å². The second-order valence-corrected chi connectivity index (χ2v) is 6.98. The highest BCUT2D eigenvalue weighted by molar-refractivity contribution is 6.35. The molecule has 0 atom stereocenters. The van der Waals surface area contributed by atoms with Crippen molar-refractivity contribution in [2.24, 2.45) is 0 Å². The molecule has 1 heterocycles. The summed E-state index contributed by atoms with van der Waals surface area (Å²) < 4.78 is 0. The van der Waals surface area contributed by atoms with E-state index in [9.17, 15) is 9.59 Å². The van der Waals surface area contributed by atoms with Gasteiger partial charge in [-0.15, -0.1) is 0 Å². The van der Waals surface area contributed by atoms with Gasteiger partial charge in [0.2, 0.25) is 0 Å². The number of carbonyl (C=O) groups is 2. The lowest BCUT2D eigenvalue weighted by molar-refractivity contribution is 0.0966. The SMILES string of the molecule is O=C(Nc1ccc(-c2cc(Cl)ccc2Cl)c2c1C(=O)NC2)c1ccccc1. The third-order valence-electron chi connectivity index (χ3n) is 4.47. The first kappa shape index (κ1) is 17.6. The molecule has 4 rings (SSSR count). The van der Waals surface area contributed by atoms with Crippen LogP contribution in [0, 0.1) is 0 Å². The lowest BCUT2D eigenvalue weighted by Gasteiger charge is -2.14. The van der Waals surface area contributed by atoms with E-state index in [0.29, 0.717) is 33.4 Å². The maximum atomic E-state index is 12.5. The Morgan fingerprint density at radius 1 is 0.963 bits per heavy atom. The van der Waals surface area contributed by atoms with Gasteiger partial charge in [-0.2, -0.15) is 0 Å². The summed E-state index contributed by atoms with van der Waals surface area (Å²) in [5.41, 5.74) is 3.79. The standard InChI is InChI=1S/C21H14Cl2N2O2/c22-13-6-8-17(23)15(10-13)14-7-9-18(19-16(14)11-24-21(19)27)25-20(26)12-4-2-1-3-5-12/h1-10H,11H2,(H,24,27)(H,25,26). The van der Waals surface area contributed by atoms with Gasteiger partial charge in [0.25, 0.3) is 11.8 Å². The Labute approximate surface area is 166 Å². The summed E-state index contributed by atoms with van der Waals surface area (Å²) in [4.78, 5) is 24.9. The van der Waals surface area contributed by atoms with Gasteiger partial charge in [0.05, 0.1) is 11.3 Å². The van der Waals surface area contributed by atoms with Crippen molar-refractivity contribution in [3.05, 3.63) is 87.4 Å². The minimum atomic E-state index is -0.272. The van der Waals surface area contributed by atoms with Crippen molar-refractivity contribution >= 4 is 40.7 Å². The van der Waals surface area contributed by atoms with Gasteiger partial charge >= 0.3 is 0 Å². The van der Waals surface area contributed by atoms with Crippen LogP contribution >= 0.6 is 23.2 Å². The van der Waals surface area contributed by atoms with Gasteiger partial charge in [0.1, 0.15) is 0 Å². The van der Waals surface area contributed by atoms with E-state index in [4.69, 9.17) is 23.2 Å². The lowest BCUT2D eigenvalue weighted by Crippen LogP contribution is -2.17. The smallest absolute Gasteiger partial charge is 0.255 e. The first-order chi connectivity index (χ1) is 13.0. The van der Waals surface area contributed by atoms with Gasteiger partial charge in [-0.05, 0) is 47.5 Å². The molecular weight excluding hydrogens is 383 g/mol. The van der Waals surface area contributed by atoms with Gasteiger partial charge in [-0.25, -0.2) is 0 Å². The fraction of sp³-hybridized carbons (Fsp3) is 0.0476. The Balaban J connectivity index is 1.78. The summed E-state index contributed by atoms with van der Waals surface area (Å²) >= 11 is 12.5. The summed E-state index contributed by atoms with van der Waals surface area (Å²) in [7, 11) is 0. The first-order valence-electron chi connectivity index (χ1n) is 8.30. The summed E-state index contributed by atoms with van der Waals surface area (Å²) in [5.74, 6) is -0.501.